The molecule has 0 bridgehead atoms. The standard InChI is InChI=1S/C12H13N5O6.H3N/c1-14-7(18)5(8(19)15(2)11(14)22)13-6-9(20)16(3)12(23)17(4)10(6)21;/h18H,1-4H3;1H3. The second-order valence-electron chi connectivity index (χ2n) is 4.85. The first-order valence-corrected chi connectivity index (χ1v) is 6.27. The molecule has 0 aliphatic carbocycles. The van der Waals surface area contributed by atoms with E-state index < -0.39 is 46.4 Å². The number of aliphatic imine (C=N–C) groups is 1. The number of aromatic nitrogens is 2. The predicted octanol–water partition coefficient (Wildman–Crippen LogP) is -1.93. The Bertz CT molecular complexity index is 869. The van der Waals surface area contributed by atoms with Crippen LogP contribution in [0.15, 0.2) is 14.6 Å². The molecule has 12 nitrogen and oxygen atoms in total. The van der Waals surface area contributed by atoms with Gasteiger partial charge in [-0.05, 0) is 0 Å². The molecule has 1 aliphatic heterocycles. The van der Waals surface area contributed by atoms with Crippen LogP contribution in [0.1, 0.15) is 0 Å². The van der Waals surface area contributed by atoms with Gasteiger partial charge in [0.15, 0.2) is 11.4 Å². The Labute approximate surface area is 134 Å². The van der Waals surface area contributed by atoms with Crippen molar-refractivity contribution in [3.8, 4) is 5.88 Å². The average molecular weight is 340 g/mol. The van der Waals surface area contributed by atoms with Gasteiger partial charge in [0.25, 0.3) is 17.4 Å². The Morgan fingerprint density at radius 3 is 1.75 bits per heavy atom. The van der Waals surface area contributed by atoms with E-state index >= 15 is 0 Å². The average Bonchev–Trinajstić information content (AvgIpc) is 2.54. The zero-order valence-electron chi connectivity index (χ0n) is 13.4. The molecule has 0 atom stereocenters. The second kappa shape index (κ2) is 6.08. The van der Waals surface area contributed by atoms with E-state index in [0.717, 1.165) is 25.7 Å². The number of hydrogen-bond acceptors (Lipinski definition) is 8. The van der Waals surface area contributed by atoms with Crippen LogP contribution in [0.3, 0.4) is 0 Å². The van der Waals surface area contributed by atoms with Crippen molar-refractivity contribution in [2.24, 2.45) is 19.1 Å². The van der Waals surface area contributed by atoms with Gasteiger partial charge >= 0.3 is 11.7 Å². The third-order valence-corrected chi connectivity index (χ3v) is 3.42. The van der Waals surface area contributed by atoms with Crippen molar-refractivity contribution in [1.29, 1.82) is 0 Å². The van der Waals surface area contributed by atoms with Crippen LogP contribution in [0.25, 0.3) is 0 Å². The molecular weight excluding hydrogens is 324 g/mol. The van der Waals surface area contributed by atoms with Crippen molar-refractivity contribution < 1.29 is 19.5 Å². The summed E-state index contributed by atoms with van der Waals surface area (Å²) in [5.41, 5.74) is -3.16. The van der Waals surface area contributed by atoms with Gasteiger partial charge in [0.05, 0.1) is 0 Å². The van der Waals surface area contributed by atoms with Crippen molar-refractivity contribution in [3.05, 3.63) is 20.8 Å². The fourth-order valence-corrected chi connectivity index (χ4v) is 1.93. The number of carbonyl (C=O) groups excluding carboxylic acids is 3. The van der Waals surface area contributed by atoms with Crippen LogP contribution in [-0.4, -0.2) is 61.7 Å². The molecule has 4 N–H and O–H groups in total. The van der Waals surface area contributed by atoms with E-state index in [1.807, 2.05) is 0 Å². The number of hydrogen-bond donors (Lipinski definition) is 2. The lowest BCUT2D eigenvalue weighted by atomic mass is 10.2. The van der Waals surface area contributed by atoms with Crippen LogP contribution < -0.4 is 17.4 Å². The molecule has 0 aromatic carbocycles. The summed E-state index contributed by atoms with van der Waals surface area (Å²) in [5.74, 6) is -2.84. The number of rotatable bonds is 1. The zero-order valence-corrected chi connectivity index (χ0v) is 13.4. The summed E-state index contributed by atoms with van der Waals surface area (Å²) in [4.78, 5) is 64.3. The fourth-order valence-electron chi connectivity index (χ4n) is 1.93. The molecule has 130 valence electrons. The largest absolute Gasteiger partial charge is 0.493 e. The molecule has 2 heterocycles. The first-order valence-electron chi connectivity index (χ1n) is 6.27. The van der Waals surface area contributed by atoms with Gasteiger partial charge in [0.2, 0.25) is 5.88 Å². The number of carbonyl (C=O) groups is 3. The second-order valence-corrected chi connectivity index (χ2v) is 4.85. The normalized spacial score (nSPS) is 14.8. The van der Waals surface area contributed by atoms with Crippen molar-refractivity contribution in [2.45, 2.75) is 0 Å². The van der Waals surface area contributed by atoms with Gasteiger partial charge in [-0.1, -0.05) is 0 Å². The van der Waals surface area contributed by atoms with E-state index in [0.29, 0.717) is 14.4 Å². The third-order valence-electron chi connectivity index (χ3n) is 3.42. The van der Waals surface area contributed by atoms with Gasteiger partial charge in [-0.15, -0.1) is 0 Å². The number of barbiturate groups is 1. The Kier molecular flexibility index (Phi) is 4.75. The highest BCUT2D eigenvalue weighted by Gasteiger charge is 2.40. The Balaban J connectivity index is 0.00000288. The van der Waals surface area contributed by atoms with Gasteiger partial charge in [-0.2, -0.15) is 0 Å². The number of urea groups is 1. The number of amides is 4. The Morgan fingerprint density at radius 1 is 0.833 bits per heavy atom. The maximum Gasteiger partial charge on any atom is 0.333 e. The highest BCUT2D eigenvalue weighted by molar-refractivity contribution is 6.68. The highest BCUT2D eigenvalue weighted by Crippen LogP contribution is 2.20. The number of imide groups is 2. The molecule has 12 heteroatoms. The molecule has 2 rings (SSSR count). The molecule has 1 saturated heterocycles. The minimum Gasteiger partial charge on any atom is -0.493 e. The van der Waals surface area contributed by atoms with Crippen molar-refractivity contribution in [3.63, 3.8) is 0 Å². The minimum atomic E-state index is -1.02. The van der Waals surface area contributed by atoms with Gasteiger partial charge in [-0.25, -0.2) is 14.6 Å². The molecule has 24 heavy (non-hydrogen) atoms. The lowest BCUT2D eigenvalue weighted by Crippen LogP contribution is -2.57. The van der Waals surface area contributed by atoms with Crippen molar-refractivity contribution in [1.82, 2.24) is 25.1 Å². The van der Waals surface area contributed by atoms with Gasteiger partial charge in [-0.3, -0.25) is 33.3 Å². The molecule has 1 aromatic heterocycles. The summed E-state index contributed by atoms with van der Waals surface area (Å²) in [6.07, 6.45) is 0. The maximum atomic E-state index is 12.0. The first kappa shape index (κ1) is 18.8. The zero-order chi connectivity index (χ0) is 17.6. The lowest BCUT2D eigenvalue weighted by Gasteiger charge is -2.27. The van der Waals surface area contributed by atoms with E-state index in [1.54, 1.807) is 0 Å². The first-order chi connectivity index (χ1) is 10.6. The van der Waals surface area contributed by atoms with Crippen molar-refractivity contribution in [2.75, 3.05) is 14.1 Å². The number of aromatic hydroxyl groups is 1. The molecule has 1 fully saturated rings. The monoisotopic (exact) mass is 340 g/mol. The SMILES string of the molecule is CN1C(=O)C(=Nc2c(O)n(C)c(=O)n(C)c2=O)C(=O)N(C)C1=O.N. The summed E-state index contributed by atoms with van der Waals surface area (Å²) < 4.78 is 1.40. The molecule has 0 unspecified atom stereocenters. The van der Waals surface area contributed by atoms with E-state index in [4.69, 9.17) is 0 Å². The van der Waals surface area contributed by atoms with Crippen LogP contribution in [0, 0.1) is 0 Å². The van der Waals surface area contributed by atoms with Gasteiger partial charge < -0.3 is 11.3 Å². The lowest BCUT2D eigenvalue weighted by molar-refractivity contribution is -0.129. The van der Waals surface area contributed by atoms with E-state index in [2.05, 4.69) is 4.99 Å². The van der Waals surface area contributed by atoms with Crippen LogP contribution in [0.2, 0.25) is 0 Å². The van der Waals surface area contributed by atoms with E-state index in [1.165, 1.54) is 7.05 Å². The van der Waals surface area contributed by atoms with Gasteiger partial charge in [0.1, 0.15) is 0 Å². The van der Waals surface area contributed by atoms with Gasteiger partial charge in [0, 0.05) is 28.2 Å². The fraction of sp³-hybridized carbons (Fsp3) is 0.333. The maximum absolute atomic E-state index is 12.0. The Hall–Kier alpha value is -3.28. The van der Waals surface area contributed by atoms with E-state index in [9.17, 15) is 29.1 Å². The summed E-state index contributed by atoms with van der Waals surface area (Å²) in [5, 5.41) is 9.90. The summed E-state index contributed by atoms with van der Waals surface area (Å²) >= 11 is 0. The number of nitrogens with zero attached hydrogens (tertiary/aromatic N) is 5. The molecule has 0 spiro atoms. The third kappa shape index (κ3) is 2.48. The highest BCUT2D eigenvalue weighted by atomic mass is 16.3. The minimum absolute atomic E-state index is 0. The Morgan fingerprint density at radius 2 is 1.29 bits per heavy atom. The molecule has 4 amide bonds. The summed E-state index contributed by atoms with van der Waals surface area (Å²) in [6.45, 7) is 0. The predicted molar refractivity (Wildman–Crippen MR) is 81.6 cm³/mol. The summed E-state index contributed by atoms with van der Waals surface area (Å²) in [7, 11) is 4.62. The molecule has 0 radical (unpaired) electrons. The molecule has 1 aliphatic rings. The van der Waals surface area contributed by atoms with Crippen LogP contribution >= 0.6 is 0 Å². The van der Waals surface area contributed by atoms with Crippen LogP contribution in [-0.2, 0) is 23.7 Å². The topological polar surface area (TPSA) is 169 Å². The molecular formula is C12H16N6O6. The molecule has 0 saturated carbocycles. The molecule has 1 aromatic rings. The summed E-state index contributed by atoms with van der Waals surface area (Å²) in [6, 6.07) is -0.850. The van der Waals surface area contributed by atoms with Crippen LogP contribution in [0.5, 0.6) is 5.88 Å². The van der Waals surface area contributed by atoms with Crippen molar-refractivity contribution >= 4 is 29.2 Å². The quantitative estimate of drug-likeness (QED) is 0.599. The van der Waals surface area contributed by atoms with Crippen LogP contribution in [0.4, 0.5) is 10.5 Å². The van der Waals surface area contributed by atoms with E-state index in [-0.39, 0.29) is 6.15 Å². The smallest absolute Gasteiger partial charge is 0.333 e.